The molecular formula is C18H16N4O3S. The second-order valence-corrected chi connectivity index (χ2v) is 5.61. The van der Waals surface area contributed by atoms with E-state index in [1.54, 1.807) is 13.2 Å². The van der Waals surface area contributed by atoms with Crippen LogP contribution in [0.5, 0.6) is 11.5 Å². The number of ether oxygens (including phenoxy) is 2. The molecule has 0 saturated heterocycles. The number of nitrogens with one attached hydrogen (secondary N) is 1. The Kier molecular flexibility index (Phi) is 5.55. The van der Waals surface area contributed by atoms with Crippen molar-refractivity contribution in [1.82, 2.24) is 14.9 Å². The van der Waals surface area contributed by atoms with Gasteiger partial charge in [-0.2, -0.15) is 14.9 Å². The highest BCUT2D eigenvalue weighted by molar-refractivity contribution is 7.71. The van der Waals surface area contributed by atoms with Gasteiger partial charge in [-0.3, -0.25) is 9.89 Å². The summed E-state index contributed by atoms with van der Waals surface area (Å²) in [5.74, 6) is 1.09. The van der Waals surface area contributed by atoms with Gasteiger partial charge in [-0.15, -0.1) is 0 Å². The van der Waals surface area contributed by atoms with E-state index < -0.39 is 5.56 Å². The third-order valence-electron chi connectivity index (χ3n) is 3.50. The second kappa shape index (κ2) is 8.21. The van der Waals surface area contributed by atoms with Crippen LogP contribution in [-0.4, -0.2) is 28.2 Å². The van der Waals surface area contributed by atoms with Crippen LogP contribution < -0.4 is 15.0 Å². The van der Waals surface area contributed by atoms with Gasteiger partial charge in [0, 0.05) is 5.56 Å². The van der Waals surface area contributed by atoms with Crippen LogP contribution >= 0.6 is 12.2 Å². The molecule has 26 heavy (non-hydrogen) atoms. The molecule has 1 N–H and O–H groups in total. The molecule has 0 amide bonds. The molecule has 0 unspecified atom stereocenters. The fraction of sp³-hybridized carbons (Fsp3) is 0.111. The Morgan fingerprint density at radius 1 is 1.23 bits per heavy atom. The molecule has 0 bridgehead atoms. The predicted octanol–water partition coefficient (Wildman–Crippen LogP) is 2.77. The summed E-state index contributed by atoms with van der Waals surface area (Å²) in [6, 6.07) is 15.2. The molecule has 0 radical (unpaired) electrons. The van der Waals surface area contributed by atoms with E-state index in [2.05, 4.69) is 15.3 Å². The Hall–Kier alpha value is -3.26. The molecule has 0 spiro atoms. The fourth-order valence-electron chi connectivity index (χ4n) is 2.25. The maximum atomic E-state index is 11.8. The Balaban J connectivity index is 1.93. The first-order valence-corrected chi connectivity index (χ1v) is 8.14. The van der Waals surface area contributed by atoms with Gasteiger partial charge >= 0.3 is 0 Å². The number of methoxy groups -OCH3 is 1. The number of aromatic nitrogens is 3. The quantitative estimate of drug-likeness (QED) is 0.534. The zero-order chi connectivity index (χ0) is 18.4. The van der Waals surface area contributed by atoms with Crippen molar-refractivity contribution in [2.45, 2.75) is 6.61 Å². The standard InChI is InChI=1S/C18H16N4O3S/c1-24-15-9-5-8-14(10-20-22-16(23)11-19-21-18(22)26)17(15)25-12-13-6-3-2-4-7-13/h2-11H,12H2,1H3,(H,21,26). The average molecular weight is 368 g/mol. The number of hydrogen-bond donors (Lipinski definition) is 1. The lowest BCUT2D eigenvalue weighted by molar-refractivity contribution is 0.284. The summed E-state index contributed by atoms with van der Waals surface area (Å²) in [6.45, 7) is 0.372. The molecule has 7 nitrogen and oxygen atoms in total. The number of aromatic amines is 1. The largest absolute Gasteiger partial charge is 0.493 e. The molecule has 0 aliphatic carbocycles. The second-order valence-electron chi connectivity index (χ2n) is 5.22. The van der Waals surface area contributed by atoms with Gasteiger partial charge in [0.25, 0.3) is 5.56 Å². The molecule has 1 heterocycles. The topological polar surface area (TPSA) is 81.5 Å². The van der Waals surface area contributed by atoms with Gasteiger partial charge in [-0.25, -0.2) is 0 Å². The molecule has 0 aliphatic rings. The van der Waals surface area contributed by atoms with Crippen molar-refractivity contribution in [3.8, 4) is 11.5 Å². The highest BCUT2D eigenvalue weighted by Gasteiger charge is 2.10. The molecule has 132 valence electrons. The summed E-state index contributed by atoms with van der Waals surface area (Å²) < 4.78 is 12.5. The van der Waals surface area contributed by atoms with Crippen LogP contribution in [0.1, 0.15) is 11.1 Å². The van der Waals surface area contributed by atoms with Gasteiger partial charge in [0.1, 0.15) is 12.8 Å². The average Bonchev–Trinajstić information content (AvgIpc) is 2.67. The number of H-pyrrole nitrogens is 1. The zero-order valence-corrected chi connectivity index (χ0v) is 14.8. The first-order valence-electron chi connectivity index (χ1n) is 7.74. The Morgan fingerprint density at radius 3 is 2.77 bits per heavy atom. The maximum absolute atomic E-state index is 11.8. The van der Waals surface area contributed by atoms with E-state index in [1.165, 1.54) is 6.21 Å². The molecule has 3 rings (SSSR count). The lowest BCUT2D eigenvalue weighted by atomic mass is 10.2. The first kappa shape index (κ1) is 17.6. The van der Waals surface area contributed by atoms with Gasteiger partial charge in [-0.05, 0) is 29.9 Å². The van der Waals surface area contributed by atoms with Crippen molar-refractivity contribution in [3.05, 3.63) is 81.0 Å². The van der Waals surface area contributed by atoms with Crippen molar-refractivity contribution >= 4 is 18.4 Å². The molecule has 0 aliphatic heterocycles. The molecule has 2 aromatic carbocycles. The number of benzene rings is 2. The molecule has 0 fully saturated rings. The summed E-state index contributed by atoms with van der Waals surface area (Å²) in [5.41, 5.74) is 1.24. The third kappa shape index (κ3) is 4.04. The zero-order valence-electron chi connectivity index (χ0n) is 14.0. The lowest BCUT2D eigenvalue weighted by Crippen LogP contribution is -2.18. The van der Waals surface area contributed by atoms with Crippen LogP contribution in [0.4, 0.5) is 0 Å². The molecule has 8 heteroatoms. The lowest BCUT2D eigenvalue weighted by Gasteiger charge is -2.13. The van der Waals surface area contributed by atoms with Gasteiger partial charge in [0.15, 0.2) is 11.5 Å². The van der Waals surface area contributed by atoms with Crippen molar-refractivity contribution in [3.63, 3.8) is 0 Å². The van der Waals surface area contributed by atoms with Gasteiger partial charge in [0.05, 0.1) is 13.3 Å². The van der Waals surface area contributed by atoms with Crippen molar-refractivity contribution < 1.29 is 9.47 Å². The van der Waals surface area contributed by atoms with E-state index >= 15 is 0 Å². The highest BCUT2D eigenvalue weighted by atomic mass is 32.1. The van der Waals surface area contributed by atoms with E-state index in [1.807, 2.05) is 42.5 Å². The van der Waals surface area contributed by atoms with Crippen LogP contribution in [-0.2, 0) is 6.61 Å². The summed E-state index contributed by atoms with van der Waals surface area (Å²) in [7, 11) is 1.56. The van der Waals surface area contributed by atoms with E-state index in [-0.39, 0.29) is 4.77 Å². The summed E-state index contributed by atoms with van der Waals surface area (Å²) in [4.78, 5) is 11.8. The van der Waals surface area contributed by atoms with Crippen LogP contribution in [0.2, 0.25) is 0 Å². The molecule has 1 aromatic heterocycles. The first-order chi connectivity index (χ1) is 12.7. The van der Waals surface area contributed by atoms with E-state index in [0.29, 0.717) is 23.7 Å². The molecule has 0 atom stereocenters. The monoisotopic (exact) mass is 368 g/mol. The molecule has 3 aromatic rings. The molecular weight excluding hydrogens is 352 g/mol. The predicted molar refractivity (Wildman–Crippen MR) is 100 cm³/mol. The smallest absolute Gasteiger partial charge is 0.293 e. The van der Waals surface area contributed by atoms with E-state index in [9.17, 15) is 4.79 Å². The van der Waals surface area contributed by atoms with Gasteiger partial charge in [-0.1, -0.05) is 36.4 Å². The number of rotatable bonds is 6. The van der Waals surface area contributed by atoms with Crippen molar-refractivity contribution in [2.75, 3.05) is 7.11 Å². The third-order valence-corrected chi connectivity index (χ3v) is 3.77. The summed E-state index contributed by atoms with van der Waals surface area (Å²) >= 11 is 5.03. The van der Waals surface area contributed by atoms with Crippen molar-refractivity contribution in [2.24, 2.45) is 5.10 Å². The summed E-state index contributed by atoms with van der Waals surface area (Å²) in [6.07, 6.45) is 2.60. The van der Waals surface area contributed by atoms with Crippen LogP contribution in [0.15, 0.2) is 64.6 Å². The van der Waals surface area contributed by atoms with Crippen LogP contribution in [0.25, 0.3) is 0 Å². The summed E-state index contributed by atoms with van der Waals surface area (Å²) in [5, 5.41) is 10.3. The Bertz CT molecular complexity index is 1000. The van der Waals surface area contributed by atoms with Crippen LogP contribution in [0, 0.1) is 4.77 Å². The minimum Gasteiger partial charge on any atom is -0.493 e. The normalized spacial score (nSPS) is 10.8. The highest BCUT2D eigenvalue weighted by Crippen LogP contribution is 2.30. The van der Waals surface area contributed by atoms with E-state index in [0.717, 1.165) is 16.4 Å². The van der Waals surface area contributed by atoms with Crippen LogP contribution in [0.3, 0.4) is 0 Å². The number of hydrogen-bond acceptors (Lipinski definition) is 6. The van der Waals surface area contributed by atoms with E-state index in [4.69, 9.17) is 21.7 Å². The van der Waals surface area contributed by atoms with Crippen molar-refractivity contribution in [1.29, 1.82) is 0 Å². The number of para-hydroxylation sites is 1. The Morgan fingerprint density at radius 2 is 2.04 bits per heavy atom. The Labute approximate surface area is 154 Å². The number of nitrogens with zero attached hydrogens (tertiary/aromatic N) is 3. The van der Waals surface area contributed by atoms with Gasteiger partial charge in [0.2, 0.25) is 4.77 Å². The minimum absolute atomic E-state index is 0.100. The maximum Gasteiger partial charge on any atom is 0.293 e. The molecule has 0 saturated carbocycles. The van der Waals surface area contributed by atoms with Gasteiger partial charge < -0.3 is 9.47 Å². The SMILES string of the molecule is COc1cccc(C=Nn2c(=O)cn[nH]c2=S)c1OCc1ccccc1. The fourth-order valence-corrected chi connectivity index (χ4v) is 2.44. The minimum atomic E-state index is -0.431.